The number of rotatable bonds is 5. The van der Waals surface area contributed by atoms with Gasteiger partial charge in [0.1, 0.15) is 0 Å². The lowest BCUT2D eigenvalue weighted by Crippen LogP contribution is -2.60. The third kappa shape index (κ3) is 3.32. The number of hydrogen-bond donors (Lipinski definition) is 2. The van der Waals surface area contributed by atoms with Crippen LogP contribution in [0.1, 0.15) is 99.3 Å². The topological polar surface area (TPSA) is 57.5 Å². The molecule has 3 nitrogen and oxygen atoms in total. The second-order valence-corrected chi connectivity index (χ2v) is 12.8. The van der Waals surface area contributed by atoms with E-state index < -0.39 is 11.7 Å². The maximum absolute atomic E-state index is 13.5. The molecule has 0 radical (unpaired) electrons. The average Bonchev–Trinajstić information content (AvgIpc) is 3.01. The third-order valence-electron chi connectivity index (χ3n) is 11.0. The molecule has 3 saturated carbocycles. The van der Waals surface area contributed by atoms with Crippen molar-refractivity contribution in [2.24, 2.45) is 40.4 Å². The second kappa shape index (κ2) is 8.08. The molecule has 0 saturated heterocycles. The summed E-state index contributed by atoms with van der Waals surface area (Å²) >= 11 is 0. The number of aliphatic hydroxyl groups excluding tert-OH is 1. The first-order valence-corrected chi connectivity index (χ1v) is 13.2. The lowest BCUT2D eigenvalue weighted by molar-refractivity contribution is -0.133. The molecule has 0 heterocycles. The number of carbonyl (C=O) groups is 1. The summed E-state index contributed by atoms with van der Waals surface area (Å²) in [6.07, 6.45) is 7.33. The summed E-state index contributed by atoms with van der Waals surface area (Å²) < 4.78 is 0. The molecule has 0 aromatic rings. The first-order valence-electron chi connectivity index (χ1n) is 13.2. The molecule has 3 heteroatoms. The summed E-state index contributed by atoms with van der Waals surface area (Å²) in [5, 5.41) is 22.7. The van der Waals surface area contributed by atoms with Gasteiger partial charge in [-0.3, -0.25) is 4.79 Å². The lowest BCUT2D eigenvalue weighted by atomic mass is 9.46. The molecule has 32 heavy (non-hydrogen) atoms. The maximum atomic E-state index is 13.5. The zero-order chi connectivity index (χ0) is 23.6. The zero-order valence-electron chi connectivity index (χ0n) is 21.3. The molecule has 0 spiro atoms. The largest absolute Gasteiger partial charge is 0.389 e. The molecule has 8 atom stereocenters. The van der Waals surface area contributed by atoms with Crippen molar-refractivity contribution in [2.75, 3.05) is 0 Å². The van der Waals surface area contributed by atoms with Gasteiger partial charge in [-0.15, -0.1) is 0 Å². The second-order valence-electron chi connectivity index (χ2n) is 12.8. The molecule has 0 bridgehead atoms. The van der Waals surface area contributed by atoms with Gasteiger partial charge in [0.2, 0.25) is 0 Å². The van der Waals surface area contributed by atoms with Crippen molar-refractivity contribution in [1.82, 2.24) is 0 Å². The van der Waals surface area contributed by atoms with E-state index in [-0.39, 0.29) is 16.7 Å². The van der Waals surface area contributed by atoms with Gasteiger partial charge in [0.05, 0.1) is 11.7 Å². The van der Waals surface area contributed by atoms with Crippen LogP contribution in [-0.2, 0) is 4.79 Å². The minimum atomic E-state index is -0.937. The molecule has 0 aromatic carbocycles. The van der Waals surface area contributed by atoms with E-state index in [1.165, 1.54) is 12.8 Å². The number of fused-ring (bicyclic) bond motifs is 4. The first kappa shape index (κ1) is 24.2. The molecule has 4 aliphatic carbocycles. The van der Waals surface area contributed by atoms with Crippen LogP contribution in [0.5, 0.6) is 0 Å². The smallest absolute Gasteiger partial charge is 0.159 e. The van der Waals surface area contributed by atoms with Crippen LogP contribution in [0.3, 0.4) is 0 Å². The predicted molar refractivity (Wildman–Crippen MR) is 130 cm³/mol. The van der Waals surface area contributed by atoms with Crippen molar-refractivity contribution in [2.45, 2.75) is 111 Å². The van der Waals surface area contributed by atoms with Crippen LogP contribution in [0.4, 0.5) is 0 Å². The highest BCUT2D eigenvalue weighted by Gasteiger charge is 2.64. The SMILES string of the molecule is C=C1C(O)CCC2(C)C1CCC1=C3C(=O)CC(C(C)CCC(C)C(C)C)C3(C)CCC12O. The van der Waals surface area contributed by atoms with Gasteiger partial charge in [-0.2, -0.15) is 0 Å². The summed E-state index contributed by atoms with van der Waals surface area (Å²) in [7, 11) is 0. The Balaban J connectivity index is 1.66. The predicted octanol–water partition coefficient (Wildman–Crippen LogP) is 6.24. The fourth-order valence-corrected chi connectivity index (χ4v) is 8.23. The van der Waals surface area contributed by atoms with Gasteiger partial charge in [-0.1, -0.05) is 61.0 Å². The van der Waals surface area contributed by atoms with Crippen LogP contribution in [0, 0.1) is 40.4 Å². The Hall–Kier alpha value is -0.930. The van der Waals surface area contributed by atoms with Crippen LogP contribution < -0.4 is 0 Å². The Bertz CT molecular complexity index is 824. The summed E-state index contributed by atoms with van der Waals surface area (Å²) in [6.45, 7) is 18.1. The molecular weight excluding hydrogens is 396 g/mol. The van der Waals surface area contributed by atoms with E-state index in [0.29, 0.717) is 42.3 Å². The molecular formula is C29H46O3. The minimum absolute atomic E-state index is 0.104. The summed E-state index contributed by atoms with van der Waals surface area (Å²) in [6, 6.07) is 0. The molecule has 3 fully saturated rings. The van der Waals surface area contributed by atoms with Gasteiger partial charge < -0.3 is 10.2 Å². The average molecular weight is 443 g/mol. The number of allylic oxidation sites excluding steroid dienone is 1. The Morgan fingerprint density at radius 3 is 2.41 bits per heavy atom. The van der Waals surface area contributed by atoms with E-state index in [0.717, 1.165) is 48.8 Å². The Morgan fingerprint density at radius 1 is 1.06 bits per heavy atom. The van der Waals surface area contributed by atoms with E-state index in [2.05, 4.69) is 48.1 Å². The van der Waals surface area contributed by atoms with E-state index in [1.807, 2.05) is 0 Å². The number of Topliss-reactive ketones (excluding diaryl/α,β-unsaturated/α-hetero) is 1. The minimum Gasteiger partial charge on any atom is -0.389 e. The van der Waals surface area contributed by atoms with Gasteiger partial charge in [-0.25, -0.2) is 0 Å². The Kier molecular flexibility index (Phi) is 6.11. The summed E-state index contributed by atoms with van der Waals surface area (Å²) in [5.41, 5.74) is 1.58. The van der Waals surface area contributed by atoms with Crippen LogP contribution in [-0.4, -0.2) is 27.7 Å². The van der Waals surface area contributed by atoms with Gasteiger partial charge >= 0.3 is 0 Å². The Morgan fingerprint density at radius 2 is 1.75 bits per heavy atom. The molecule has 180 valence electrons. The number of aliphatic hydroxyl groups is 2. The third-order valence-corrected chi connectivity index (χ3v) is 11.0. The van der Waals surface area contributed by atoms with Crippen molar-refractivity contribution in [3.8, 4) is 0 Å². The molecule has 0 aromatic heterocycles. The van der Waals surface area contributed by atoms with Crippen molar-refractivity contribution in [1.29, 1.82) is 0 Å². The van der Waals surface area contributed by atoms with Gasteiger partial charge in [0, 0.05) is 17.4 Å². The highest BCUT2D eigenvalue weighted by molar-refractivity contribution is 6.01. The highest BCUT2D eigenvalue weighted by Crippen LogP contribution is 2.67. The van der Waals surface area contributed by atoms with Gasteiger partial charge in [0.15, 0.2) is 5.78 Å². The molecule has 2 N–H and O–H groups in total. The van der Waals surface area contributed by atoms with Crippen molar-refractivity contribution < 1.29 is 15.0 Å². The van der Waals surface area contributed by atoms with E-state index in [1.54, 1.807) is 0 Å². The standard InChI is InChI=1S/C29H46O3/c1-17(2)18(3)8-9-19(4)23-16-25(31)26-22-11-10-21-20(5)24(30)12-13-28(21,7)29(22,32)15-14-27(23,26)6/h17-19,21,23-24,30,32H,5,8-16H2,1-4,6-7H3. The van der Waals surface area contributed by atoms with E-state index >= 15 is 0 Å². The number of ketones is 1. The van der Waals surface area contributed by atoms with Gasteiger partial charge in [0.25, 0.3) is 0 Å². The zero-order valence-corrected chi connectivity index (χ0v) is 21.3. The lowest BCUT2D eigenvalue weighted by Gasteiger charge is -2.61. The monoisotopic (exact) mass is 442 g/mol. The molecule has 4 aliphatic rings. The van der Waals surface area contributed by atoms with E-state index in [9.17, 15) is 15.0 Å². The van der Waals surface area contributed by atoms with Crippen molar-refractivity contribution in [3.05, 3.63) is 23.3 Å². The fraction of sp³-hybridized carbons (Fsp3) is 0.828. The first-order chi connectivity index (χ1) is 14.9. The highest BCUT2D eigenvalue weighted by atomic mass is 16.3. The molecule has 8 unspecified atom stereocenters. The number of hydrogen-bond acceptors (Lipinski definition) is 3. The summed E-state index contributed by atoms with van der Waals surface area (Å²) in [4.78, 5) is 13.5. The van der Waals surface area contributed by atoms with Crippen LogP contribution >= 0.6 is 0 Å². The molecule has 4 rings (SSSR count). The molecule has 0 amide bonds. The Labute approximate surface area is 195 Å². The summed E-state index contributed by atoms with van der Waals surface area (Å²) in [5.74, 6) is 2.74. The van der Waals surface area contributed by atoms with Gasteiger partial charge in [-0.05, 0) is 84.7 Å². The normalized spacial score (nSPS) is 43.7. The quantitative estimate of drug-likeness (QED) is 0.496. The van der Waals surface area contributed by atoms with Crippen LogP contribution in [0.15, 0.2) is 23.3 Å². The van der Waals surface area contributed by atoms with Crippen molar-refractivity contribution >= 4 is 5.78 Å². The van der Waals surface area contributed by atoms with E-state index in [4.69, 9.17) is 0 Å². The number of carbonyl (C=O) groups excluding carboxylic acids is 1. The van der Waals surface area contributed by atoms with Crippen LogP contribution in [0.25, 0.3) is 0 Å². The maximum Gasteiger partial charge on any atom is 0.159 e. The fourth-order valence-electron chi connectivity index (χ4n) is 8.23. The van der Waals surface area contributed by atoms with Crippen molar-refractivity contribution in [3.63, 3.8) is 0 Å². The van der Waals surface area contributed by atoms with Crippen LogP contribution in [0.2, 0.25) is 0 Å². The molecule has 0 aliphatic heterocycles.